The third kappa shape index (κ3) is 4.24. The number of pyridine rings is 1. The van der Waals surface area contributed by atoms with E-state index in [1.165, 1.54) is 12.6 Å². The molecule has 3 rings (SSSR count). The molecule has 0 saturated carbocycles. The average Bonchev–Trinajstić information content (AvgIpc) is 2.74. The maximum Gasteiger partial charge on any atom is 0.257 e. The normalized spacial score (nSPS) is 16.7. The van der Waals surface area contributed by atoms with E-state index in [9.17, 15) is 9.59 Å². The van der Waals surface area contributed by atoms with Crippen molar-refractivity contribution in [1.29, 1.82) is 0 Å². The van der Waals surface area contributed by atoms with Gasteiger partial charge in [0.1, 0.15) is 0 Å². The predicted molar refractivity (Wildman–Crippen MR) is 112 cm³/mol. The maximum absolute atomic E-state index is 13.0. The quantitative estimate of drug-likeness (QED) is 0.825. The Hall–Kier alpha value is -2.69. The molecule has 1 aromatic carbocycles. The van der Waals surface area contributed by atoms with Crippen molar-refractivity contribution in [3.05, 3.63) is 58.9 Å². The SMILES string of the molecule is CCc1cccc(C)c1NC(=O)c1cncc(C(=O)N2CCCCC2CC)c1. The molecule has 1 N–H and O–H groups in total. The minimum atomic E-state index is -0.239. The number of hydrogen-bond donors (Lipinski definition) is 1. The van der Waals surface area contributed by atoms with Gasteiger partial charge < -0.3 is 10.2 Å². The van der Waals surface area contributed by atoms with Crippen molar-refractivity contribution in [2.45, 2.75) is 58.9 Å². The Morgan fingerprint density at radius 2 is 1.96 bits per heavy atom. The summed E-state index contributed by atoms with van der Waals surface area (Å²) in [5.41, 5.74) is 3.84. The average molecular weight is 380 g/mol. The van der Waals surface area contributed by atoms with Crippen LogP contribution in [0.25, 0.3) is 0 Å². The molecule has 1 aliphatic heterocycles. The highest BCUT2D eigenvalue weighted by Crippen LogP contribution is 2.23. The number of carbonyl (C=O) groups is 2. The summed E-state index contributed by atoms with van der Waals surface area (Å²) < 4.78 is 0. The van der Waals surface area contributed by atoms with Crippen LogP contribution in [0.2, 0.25) is 0 Å². The molecule has 1 unspecified atom stereocenters. The van der Waals surface area contributed by atoms with Crippen LogP contribution in [0.3, 0.4) is 0 Å². The number of piperidine rings is 1. The number of aryl methyl sites for hydroxylation is 2. The highest BCUT2D eigenvalue weighted by Gasteiger charge is 2.26. The lowest BCUT2D eigenvalue weighted by atomic mass is 9.99. The fourth-order valence-corrected chi connectivity index (χ4v) is 3.93. The zero-order valence-corrected chi connectivity index (χ0v) is 17.0. The van der Waals surface area contributed by atoms with Crippen molar-refractivity contribution in [2.75, 3.05) is 11.9 Å². The topological polar surface area (TPSA) is 62.3 Å². The summed E-state index contributed by atoms with van der Waals surface area (Å²) in [5, 5.41) is 3.01. The van der Waals surface area contributed by atoms with E-state index >= 15 is 0 Å². The molecule has 0 radical (unpaired) electrons. The van der Waals surface area contributed by atoms with E-state index in [2.05, 4.69) is 24.1 Å². The van der Waals surface area contributed by atoms with Crippen LogP contribution >= 0.6 is 0 Å². The molecule has 5 nitrogen and oxygen atoms in total. The highest BCUT2D eigenvalue weighted by atomic mass is 16.2. The van der Waals surface area contributed by atoms with Crippen LogP contribution in [0, 0.1) is 6.92 Å². The van der Waals surface area contributed by atoms with Crippen molar-refractivity contribution in [1.82, 2.24) is 9.88 Å². The summed E-state index contributed by atoms with van der Waals surface area (Å²) in [6, 6.07) is 7.93. The van der Waals surface area contributed by atoms with Gasteiger partial charge in [0, 0.05) is 30.7 Å². The van der Waals surface area contributed by atoms with Crippen LogP contribution in [0.4, 0.5) is 5.69 Å². The van der Waals surface area contributed by atoms with Crippen molar-refractivity contribution < 1.29 is 9.59 Å². The molecule has 1 aliphatic rings. The van der Waals surface area contributed by atoms with E-state index in [0.29, 0.717) is 11.1 Å². The number of para-hydroxylation sites is 1. The molecule has 0 spiro atoms. The van der Waals surface area contributed by atoms with Crippen molar-refractivity contribution in [2.24, 2.45) is 0 Å². The Balaban J connectivity index is 1.81. The number of likely N-dealkylation sites (tertiary alicyclic amines) is 1. The fraction of sp³-hybridized carbons (Fsp3) is 0.435. The van der Waals surface area contributed by atoms with E-state index in [1.54, 1.807) is 12.3 Å². The Labute approximate surface area is 167 Å². The summed E-state index contributed by atoms with van der Waals surface area (Å²) >= 11 is 0. The zero-order valence-electron chi connectivity index (χ0n) is 17.0. The Kier molecular flexibility index (Phi) is 6.45. The lowest BCUT2D eigenvalue weighted by molar-refractivity contribution is 0.0607. The first-order chi connectivity index (χ1) is 13.5. The smallest absolute Gasteiger partial charge is 0.257 e. The molecular formula is C23H29N3O2. The number of nitrogens with zero attached hydrogens (tertiary/aromatic N) is 2. The molecule has 1 atom stereocenters. The van der Waals surface area contributed by atoms with Crippen LogP contribution in [0.1, 0.15) is 71.4 Å². The van der Waals surface area contributed by atoms with Gasteiger partial charge in [-0.1, -0.05) is 32.0 Å². The summed E-state index contributed by atoms with van der Waals surface area (Å²) in [6.07, 6.45) is 8.11. The highest BCUT2D eigenvalue weighted by molar-refractivity contribution is 6.06. The van der Waals surface area contributed by atoms with Crippen LogP contribution < -0.4 is 5.32 Å². The molecule has 2 heterocycles. The van der Waals surface area contributed by atoms with Gasteiger partial charge in [0.15, 0.2) is 0 Å². The predicted octanol–water partition coefficient (Wildman–Crippen LogP) is 4.61. The molecule has 2 aromatic rings. The first kappa shape index (κ1) is 20.1. The van der Waals surface area contributed by atoms with E-state index in [-0.39, 0.29) is 17.9 Å². The zero-order chi connectivity index (χ0) is 20.1. The van der Waals surface area contributed by atoms with E-state index in [4.69, 9.17) is 0 Å². The summed E-state index contributed by atoms with van der Waals surface area (Å²) in [5.74, 6) is -0.268. The molecular weight excluding hydrogens is 350 g/mol. The number of aromatic nitrogens is 1. The summed E-state index contributed by atoms with van der Waals surface area (Å²) in [6.45, 7) is 6.94. The lowest BCUT2D eigenvalue weighted by Crippen LogP contribution is -2.43. The van der Waals surface area contributed by atoms with Gasteiger partial charge in [-0.2, -0.15) is 0 Å². The monoisotopic (exact) mass is 379 g/mol. The number of hydrogen-bond acceptors (Lipinski definition) is 3. The second kappa shape index (κ2) is 9.00. The van der Waals surface area contributed by atoms with Crippen LogP contribution in [-0.4, -0.2) is 34.3 Å². The van der Waals surface area contributed by atoms with Gasteiger partial charge in [-0.15, -0.1) is 0 Å². The van der Waals surface area contributed by atoms with E-state index in [0.717, 1.165) is 49.0 Å². The molecule has 148 valence electrons. The van der Waals surface area contributed by atoms with E-state index in [1.807, 2.05) is 30.0 Å². The van der Waals surface area contributed by atoms with Crippen molar-refractivity contribution in [3.63, 3.8) is 0 Å². The van der Waals surface area contributed by atoms with E-state index < -0.39 is 0 Å². The summed E-state index contributed by atoms with van der Waals surface area (Å²) in [4.78, 5) is 32.0. The third-order valence-electron chi connectivity index (χ3n) is 5.59. The molecule has 0 bridgehead atoms. The molecule has 5 heteroatoms. The molecule has 1 aromatic heterocycles. The molecule has 1 fully saturated rings. The van der Waals surface area contributed by atoms with Crippen LogP contribution in [0.15, 0.2) is 36.7 Å². The number of anilines is 1. The fourth-order valence-electron chi connectivity index (χ4n) is 3.93. The number of carbonyl (C=O) groups excluding carboxylic acids is 2. The Morgan fingerprint density at radius 1 is 1.18 bits per heavy atom. The largest absolute Gasteiger partial charge is 0.336 e. The van der Waals surface area contributed by atoms with Crippen LogP contribution in [0.5, 0.6) is 0 Å². The first-order valence-electron chi connectivity index (χ1n) is 10.2. The number of rotatable bonds is 5. The van der Waals surface area contributed by atoms with Crippen LogP contribution in [-0.2, 0) is 6.42 Å². The standard InChI is InChI=1S/C23H29N3O2/c1-4-17-10-8-9-16(3)21(17)25-22(27)18-13-19(15-24-14-18)23(28)26-12-7-6-11-20(26)5-2/h8-10,13-15,20H,4-7,11-12H2,1-3H3,(H,25,27). The van der Waals surface area contributed by atoms with Gasteiger partial charge in [0.05, 0.1) is 11.1 Å². The second-order valence-electron chi connectivity index (χ2n) is 7.44. The van der Waals surface area contributed by atoms with Gasteiger partial charge in [-0.05, 0) is 56.2 Å². The number of benzene rings is 1. The van der Waals surface area contributed by atoms with Gasteiger partial charge >= 0.3 is 0 Å². The third-order valence-corrected chi connectivity index (χ3v) is 5.59. The number of amides is 2. The maximum atomic E-state index is 13.0. The van der Waals surface area contributed by atoms with Gasteiger partial charge in [0.25, 0.3) is 11.8 Å². The Morgan fingerprint density at radius 3 is 2.71 bits per heavy atom. The summed E-state index contributed by atoms with van der Waals surface area (Å²) in [7, 11) is 0. The van der Waals surface area contributed by atoms with Crippen molar-refractivity contribution >= 4 is 17.5 Å². The van der Waals surface area contributed by atoms with Gasteiger partial charge in [-0.3, -0.25) is 14.6 Å². The molecule has 28 heavy (non-hydrogen) atoms. The first-order valence-corrected chi connectivity index (χ1v) is 10.2. The molecule has 1 saturated heterocycles. The van der Waals surface area contributed by atoms with Gasteiger partial charge in [0.2, 0.25) is 0 Å². The number of nitrogens with one attached hydrogen (secondary N) is 1. The lowest BCUT2D eigenvalue weighted by Gasteiger charge is -2.35. The molecule has 2 amide bonds. The second-order valence-corrected chi connectivity index (χ2v) is 7.44. The Bertz CT molecular complexity index is 863. The van der Waals surface area contributed by atoms with Gasteiger partial charge in [-0.25, -0.2) is 0 Å². The van der Waals surface area contributed by atoms with Crippen molar-refractivity contribution in [3.8, 4) is 0 Å². The minimum absolute atomic E-state index is 0.0289. The minimum Gasteiger partial charge on any atom is -0.336 e. The molecule has 0 aliphatic carbocycles.